The molecule has 0 radical (unpaired) electrons. The largest absolute Gasteiger partial charge is 0.508 e. The summed E-state index contributed by atoms with van der Waals surface area (Å²) in [6, 6.07) is 4.44. The van der Waals surface area contributed by atoms with E-state index in [1.54, 1.807) is 0 Å². The van der Waals surface area contributed by atoms with Crippen LogP contribution in [0.2, 0.25) is 0 Å². The predicted octanol–water partition coefficient (Wildman–Crippen LogP) is 1.88. The first-order chi connectivity index (χ1) is 9.47. The quantitative estimate of drug-likeness (QED) is 0.743. The van der Waals surface area contributed by atoms with Crippen LogP contribution >= 0.6 is 0 Å². The number of nitrogens with one attached hydrogen (secondary N) is 1. The van der Waals surface area contributed by atoms with E-state index in [-0.39, 0.29) is 22.6 Å². The van der Waals surface area contributed by atoms with Crippen LogP contribution < -0.4 is 5.32 Å². The van der Waals surface area contributed by atoms with Gasteiger partial charge in [0.05, 0.1) is 23.0 Å². The molecule has 1 aromatic heterocycles. The van der Waals surface area contributed by atoms with E-state index < -0.39 is 17.7 Å². The van der Waals surface area contributed by atoms with Crippen LogP contribution in [0.3, 0.4) is 0 Å². The number of hydrogen-bond acceptors (Lipinski definition) is 4. The number of phenolic OH excluding ortho intramolecular Hbond substituents is 1. The van der Waals surface area contributed by atoms with Crippen LogP contribution in [0, 0.1) is 5.82 Å². The van der Waals surface area contributed by atoms with Crippen molar-refractivity contribution < 1.29 is 24.2 Å². The van der Waals surface area contributed by atoms with Crippen molar-refractivity contribution in [3.8, 4) is 5.75 Å². The highest BCUT2D eigenvalue weighted by molar-refractivity contribution is 6.07. The number of aromatic carboxylic acids is 1. The van der Waals surface area contributed by atoms with E-state index in [4.69, 9.17) is 5.11 Å². The van der Waals surface area contributed by atoms with Crippen LogP contribution in [0.15, 0.2) is 36.7 Å². The van der Waals surface area contributed by atoms with E-state index in [0.717, 1.165) is 24.5 Å². The molecule has 0 aliphatic heterocycles. The maximum atomic E-state index is 13.0. The number of anilines is 1. The van der Waals surface area contributed by atoms with E-state index in [1.807, 2.05) is 0 Å². The highest BCUT2D eigenvalue weighted by atomic mass is 19.1. The molecule has 0 atom stereocenters. The lowest BCUT2D eigenvalue weighted by Crippen LogP contribution is -2.15. The SMILES string of the molecule is O=C(Nc1ccc(O)cc1C(=O)O)c1cncc(F)c1. The Morgan fingerprint density at radius 3 is 2.60 bits per heavy atom. The van der Waals surface area contributed by atoms with E-state index in [2.05, 4.69) is 10.3 Å². The van der Waals surface area contributed by atoms with Gasteiger partial charge in [-0.15, -0.1) is 0 Å². The molecular weight excluding hydrogens is 267 g/mol. The first kappa shape index (κ1) is 13.5. The Kier molecular flexibility index (Phi) is 3.60. The number of rotatable bonds is 3. The number of carboxylic acids is 1. The maximum Gasteiger partial charge on any atom is 0.337 e. The molecule has 0 unspecified atom stereocenters. The standard InChI is InChI=1S/C13H9FN2O4/c14-8-3-7(5-15-6-8)12(18)16-11-2-1-9(17)4-10(11)13(19)20/h1-6,17H,(H,16,18)(H,19,20). The van der Waals surface area contributed by atoms with Gasteiger partial charge in [-0.1, -0.05) is 0 Å². The molecule has 7 heteroatoms. The lowest BCUT2D eigenvalue weighted by Gasteiger charge is -2.08. The topological polar surface area (TPSA) is 99.5 Å². The molecule has 0 aliphatic rings. The zero-order valence-corrected chi connectivity index (χ0v) is 10.0. The number of carboxylic acid groups (broad SMARTS) is 1. The van der Waals surface area contributed by atoms with Gasteiger partial charge in [0.15, 0.2) is 0 Å². The molecule has 0 aliphatic carbocycles. The van der Waals surface area contributed by atoms with Gasteiger partial charge in [0.1, 0.15) is 11.6 Å². The fraction of sp³-hybridized carbons (Fsp3) is 0. The summed E-state index contributed by atoms with van der Waals surface area (Å²) in [5, 5.41) is 20.5. The number of benzene rings is 1. The molecular formula is C13H9FN2O4. The van der Waals surface area contributed by atoms with Crippen LogP contribution in [-0.2, 0) is 0 Å². The predicted molar refractivity (Wildman–Crippen MR) is 67.2 cm³/mol. The summed E-state index contributed by atoms with van der Waals surface area (Å²) in [6.07, 6.45) is 2.10. The molecule has 0 saturated heterocycles. The third-order valence-corrected chi connectivity index (χ3v) is 2.45. The van der Waals surface area contributed by atoms with Gasteiger partial charge in [-0.25, -0.2) is 9.18 Å². The van der Waals surface area contributed by atoms with Gasteiger partial charge < -0.3 is 15.5 Å². The van der Waals surface area contributed by atoms with Gasteiger partial charge in [-0.3, -0.25) is 9.78 Å². The first-order valence-corrected chi connectivity index (χ1v) is 5.45. The monoisotopic (exact) mass is 276 g/mol. The molecule has 20 heavy (non-hydrogen) atoms. The second kappa shape index (κ2) is 5.35. The van der Waals surface area contributed by atoms with Crippen molar-refractivity contribution in [3.63, 3.8) is 0 Å². The van der Waals surface area contributed by atoms with Gasteiger partial charge in [-0.05, 0) is 24.3 Å². The van der Waals surface area contributed by atoms with Crippen LogP contribution in [0.4, 0.5) is 10.1 Å². The normalized spacial score (nSPS) is 10.1. The molecule has 102 valence electrons. The summed E-state index contributed by atoms with van der Waals surface area (Å²) < 4.78 is 13.0. The Morgan fingerprint density at radius 2 is 1.95 bits per heavy atom. The summed E-state index contributed by atoms with van der Waals surface area (Å²) >= 11 is 0. The Balaban J connectivity index is 2.30. The highest BCUT2D eigenvalue weighted by Crippen LogP contribution is 2.22. The first-order valence-electron chi connectivity index (χ1n) is 5.45. The van der Waals surface area contributed by atoms with Crippen LogP contribution in [-0.4, -0.2) is 27.1 Å². The summed E-state index contributed by atoms with van der Waals surface area (Å²) in [4.78, 5) is 26.4. The van der Waals surface area contributed by atoms with Crippen molar-refractivity contribution in [2.24, 2.45) is 0 Å². The molecule has 1 amide bonds. The third-order valence-electron chi connectivity index (χ3n) is 2.45. The van der Waals surface area contributed by atoms with Gasteiger partial charge in [0, 0.05) is 6.20 Å². The fourth-order valence-electron chi connectivity index (χ4n) is 1.55. The number of halogens is 1. The molecule has 2 rings (SSSR count). The van der Waals surface area contributed by atoms with E-state index in [0.29, 0.717) is 0 Å². The Bertz CT molecular complexity index is 688. The molecule has 2 aromatic rings. The van der Waals surface area contributed by atoms with Gasteiger partial charge >= 0.3 is 5.97 Å². The van der Waals surface area contributed by atoms with E-state index >= 15 is 0 Å². The third kappa shape index (κ3) is 2.89. The summed E-state index contributed by atoms with van der Waals surface area (Å²) in [7, 11) is 0. The number of phenols is 1. The van der Waals surface area contributed by atoms with Crippen molar-refractivity contribution in [2.45, 2.75) is 0 Å². The van der Waals surface area contributed by atoms with E-state index in [1.165, 1.54) is 12.1 Å². The molecule has 1 aromatic carbocycles. The number of amides is 1. The smallest absolute Gasteiger partial charge is 0.337 e. The molecule has 6 nitrogen and oxygen atoms in total. The Hall–Kier alpha value is -2.96. The van der Waals surface area contributed by atoms with Gasteiger partial charge in [-0.2, -0.15) is 0 Å². The Labute approximate surface area is 112 Å². The second-order valence-corrected chi connectivity index (χ2v) is 3.88. The van der Waals surface area contributed by atoms with Crippen molar-refractivity contribution >= 4 is 17.6 Å². The summed E-state index contributed by atoms with van der Waals surface area (Å²) in [5.74, 6) is -2.94. The second-order valence-electron chi connectivity index (χ2n) is 3.88. The molecule has 0 saturated carbocycles. The molecule has 0 fully saturated rings. The molecule has 0 bridgehead atoms. The Morgan fingerprint density at radius 1 is 1.20 bits per heavy atom. The molecule has 0 spiro atoms. The zero-order chi connectivity index (χ0) is 14.7. The fourth-order valence-corrected chi connectivity index (χ4v) is 1.55. The summed E-state index contributed by atoms with van der Waals surface area (Å²) in [6.45, 7) is 0. The number of aromatic hydroxyl groups is 1. The molecule has 3 N–H and O–H groups in total. The minimum Gasteiger partial charge on any atom is -0.508 e. The number of aromatic nitrogens is 1. The van der Waals surface area contributed by atoms with Gasteiger partial charge in [0.2, 0.25) is 0 Å². The maximum absolute atomic E-state index is 13.0. The van der Waals surface area contributed by atoms with E-state index in [9.17, 15) is 19.1 Å². The number of carbonyl (C=O) groups excluding carboxylic acids is 1. The van der Waals surface area contributed by atoms with Crippen molar-refractivity contribution in [1.29, 1.82) is 0 Å². The number of carbonyl (C=O) groups is 2. The highest BCUT2D eigenvalue weighted by Gasteiger charge is 2.15. The van der Waals surface area contributed by atoms with Crippen molar-refractivity contribution in [1.82, 2.24) is 4.98 Å². The lowest BCUT2D eigenvalue weighted by molar-refractivity contribution is 0.0697. The summed E-state index contributed by atoms with van der Waals surface area (Å²) in [5.41, 5.74) is -0.332. The lowest BCUT2D eigenvalue weighted by atomic mass is 10.1. The van der Waals surface area contributed by atoms with Crippen LogP contribution in [0.25, 0.3) is 0 Å². The van der Waals surface area contributed by atoms with Crippen LogP contribution in [0.1, 0.15) is 20.7 Å². The minimum atomic E-state index is -1.31. The number of pyridine rings is 1. The minimum absolute atomic E-state index is 0.00967. The average molecular weight is 276 g/mol. The van der Waals surface area contributed by atoms with Crippen molar-refractivity contribution in [3.05, 3.63) is 53.6 Å². The van der Waals surface area contributed by atoms with Crippen molar-refractivity contribution in [2.75, 3.05) is 5.32 Å². The van der Waals surface area contributed by atoms with Gasteiger partial charge in [0.25, 0.3) is 5.91 Å². The van der Waals surface area contributed by atoms with Crippen LogP contribution in [0.5, 0.6) is 5.75 Å². The number of nitrogens with zero attached hydrogens (tertiary/aromatic N) is 1. The zero-order valence-electron chi connectivity index (χ0n) is 10.0. The molecule has 1 heterocycles. The number of hydrogen-bond donors (Lipinski definition) is 3. The average Bonchev–Trinajstić information content (AvgIpc) is 2.40.